The molecule has 3 N–H and O–H groups in total. The van der Waals surface area contributed by atoms with Gasteiger partial charge < -0.3 is 5.73 Å². The van der Waals surface area contributed by atoms with Gasteiger partial charge in [-0.15, -0.1) is 0 Å². The van der Waals surface area contributed by atoms with E-state index in [1.807, 2.05) is 11.8 Å². The standard InChI is InChI=1S/C12H16Br2N2O2S2/c1-12(3-2-4-19-12)7-16-20(17,18)11-9(13)5-8(15)6-10(11)14/h5-6,16H,2-4,7,15H2,1H3. The van der Waals surface area contributed by atoms with Gasteiger partial charge in [0.1, 0.15) is 4.90 Å². The number of nitrogens with one attached hydrogen (secondary N) is 1. The van der Waals surface area contributed by atoms with E-state index in [1.54, 1.807) is 12.1 Å². The van der Waals surface area contributed by atoms with E-state index in [-0.39, 0.29) is 9.64 Å². The number of halogens is 2. The van der Waals surface area contributed by atoms with E-state index in [2.05, 4.69) is 43.5 Å². The van der Waals surface area contributed by atoms with E-state index in [0.717, 1.165) is 18.6 Å². The van der Waals surface area contributed by atoms with Crippen molar-refractivity contribution in [2.24, 2.45) is 0 Å². The van der Waals surface area contributed by atoms with Crippen LogP contribution in [0.4, 0.5) is 5.69 Å². The third kappa shape index (κ3) is 3.71. The second kappa shape index (κ2) is 6.16. The van der Waals surface area contributed by atoms with Crippen LogP contribution in [0, 0.1) is 0 Å². The summed E-state index contributed by atoms with van der Waals surface area (Å²) in [5.41, 5.74) is 6.19. The molecule has 1 saturated heterocycles. The van der Waals surface area contributed by atoms with E-state index in [4.69, 9.17) is 5.73 Å². The van der Waals surface area contributed by atoms with Crippen molar-refractivity contribution in [3.05, 3.63) is 21.1 Å². The molecule has 0 amide bonds. The maximum Gasteiger partial charge on any atom is 0.242 e. The number of benzene rings is 1. The van der Waals surface area contributed by atoms with Gasteiger partial charge in [-0.25, -0.2) is 13.1 Å². The second-order valence-corrected chi connectivity index (χ2v) is 10.1. The van der Waals surface area contributed by atoms with Gasteiger partial charge >= 0.3 is 0 Å². The van der Waals surface area contributed by atoms with Crippen molar-refractivity contribution in [2.45, 2.75) is 29.4 Å². The van der Waals surface area contributed by atoms with Crippen molar-refractivity contribution >= 4 is 59.3 Å². The van der Waals surface area contributed by atoms with Crippen molar-refractivity contribution in [3.8, 4) is 0 Å². The normalized spacial score (nSPS) is 23.1. The maximum atomic E-state index is 12.5. The van der Waals surface area contributed by atoms with Gasteiger partial charge in [0.05, 0.1) is 0 Å². The minimum absolute atomic E-state index is 0.0141. The van der Waals surface area contributed by atoms with Crippen molar-refractivity contribution in [1.29, 1.82) is 0 Å². The minimum atomic E-state index is -3.58. The molecule has 0 aliphatic carbocycles. The molecule has 8 heteroatoms. The first kappa shape index (κ1) is 16.6. The molecule has 2 rings (SSSR count). The number of sulfonamides is 1. The molecule has 0 radical (unpaired) electrons. The Hall–Kier alpha value is 0.240. The zero-order valence-electron chi connectivity index (χ0n) is 10.9. The van der Waals surface area contributed by atoms with E-state index < -0.39 is 10.0 Å². The summed E-state index contributed by atoms with van der Waals surface area (Å²) in [4.78, 5) is 0.193. The lowest BCUT2D eigenvalue weighted by atomic mass is 10.1. The average molecular weight is 444 g/mol. The fourth-order valence-corrected chi connectivity index (χ4v) is 7.25. The van der Waals surface area contributed by atoms with Crippen LogP contribution in [-0.2, 0) is 10.0 Å². The van der Waals surface area contributed by atoms with E-state index >= 15 is 0 Å². The van der Waals surface area contributed by atoms with Crippen LogP contribution in [0.3, 0.4) is 0 Å². The second-order valence-electron chi connectivity index (χ2n) is 5.04. The van der Waals surface area contributed by atoms with Crippen LogP contribution in [0.5, 0.6) is 0 Å². The summed E-state index contributed by atoms with van der Waals surface area (Å²) in [6.45, 7) is 2.53. The molecule has 1 aliphatic rings. The Morgan fingerprint density at radius 3 is 2.50 bits per heavy atom. The number of nitrogen functional groups attached to an aromatic ring is 1. The highest BCUT2D eigenvalue weighted by atomic mass is 79.9. The topological polar surface area (TPSA) is 72.2 Å². The molecule has 112 valence electrons. The highest BCUT2D eigenvalue weighted by Gasteiger charge is 2.32. The summed E-state index contributed by atoms with van der Waals surface area (Å²) >= 11 is 8.35. The van der Waals surface area contributed by atoms with Crippen molar-refractivity contribution in [2.75, 3.05) is 18.0 Å². The molecule has 1 aliphatic heterocycles. The smallest absolute Gasteiger partial charge is 0.242 e. The predicted octanol–water partition coefficient (Wildman–Crippen LogP) is 3.36. The summed E-state index contributed by atoms with van der Waals surface area (Å²) in [5, 5.41) is 0. The quantitative estimate of drug-likeness (QED) is 0.699. The van der Waals surface area contributed by atoms with Crippen LogP contribution in [0.15, 0.2) is 26.0 Å². The summed E-state index contributed by atoms with van der Waals surface area (Å²) in [7, 11) is -3.58. The molecule has 0 bridgehead atoms. The molecule has 1 heterocycles. The van der Waals surface area contributed by atoms with Crippen molar-refractivity contribution < 1.29 is 8.42 Å². The number of thioether (sulfide) groups is 1. The molecule has 1 fully saturated rings. The van der Waals surface area contributed by atoms with Crippen LogP contribution < -0.4 is 10.5 Å². The molecule has 0 saturated carbocycles. The summed E-state index contributed by atoms with van der Waals surface area (Å²) in [6.07, 6.45) is 2.17. The van der Waals surface area contributed by atoms with Crippen LogP contribution >= 0.6 is 43.6 Å². The van der Waals surface area contributed by atoms with Gasteiger partial charge in [-0.2, -0.15) is 11.8 Å². The fraction of sp³-hybridized carbons (Fsp3) is 0.500. The zero-order valence-corrected chi connectivity index (χ0v) is 15.8. The molecule has 1 unspecified atom stereocenters. The molecule has 0 spiro atoms. The molecule has 0 aromatic heterocycles. The number of anilines is 1. The maximum absolute atomic E-state index is 12.5. The molecule has 20 heavy (non-hydrogen) atoms. The lowest BCUT2D eigenvalue weighted by molar-refractivity contribution is 0.552. The Morgan fingerprint density at radius 1 is 1.40 bits per heavy atom. The summed E-state index contributed by atoms with van der Waals surface area (Å²) < 4.78 is 28.5. The predicted molar refractivity (Wildman–Crippen MR) is 91.5 cm³/mol. The van der Waals surface area contributed by atoms with Crippen molar-refractivity contribution in [1.82, 2.24) is 4.72 Å². The Bertz CT molecular complexity index is 591. The molecule has 4 nitrogen and oxygen atoms in total. The van der Waals surface area contributed by atoms with E-state index in [0.29, 0.717) is 21.2 Å². The Kier molecular flexibility index (Phi) is 5.11. The molecular weight excluding hydrogens is 428 g/mol. The van der Waals surface area contributed by atoms with Crippen molar-refractivity contribution in [3.63, 3.8) is 0 Å². The SMILES string of the molecule is CC1(CNS(=O)(=O)c2c(Br)cc(N)cc2Br)CCCS1. The lowest BCUT2D eigenvalue weighted by Crippen LogP contribution is -2.37. The number of nitrogens with two attached hydrogens (primary N) is 1. The summed E-state index contributed by atoms with van der Waals surface area (Å²) in [6, 6.07) is 3.18. The van der Waals surface area contributed by atoms with Gasteiger partial charge in [-0.3, -0.25) is 0 Å². The first-order chi connectivity index (χ1) is 9.23. The van der Waals surface area contributed by atoms with Crippen LogP contribution in [0.1, 0.15) is 19.8 Å². The Balaban J connectivity index is 2.23. The highest BCUT2D eigenvalue weighted by Crippen LogP contribution is 2.38. The molecule has 1 aromatic rings. The summed E-state index contributed by atoms with van der Waals surface area (Å²) in [5.74, 6) is 1.09. The number of rotatable bonds is 4. The van der Waals surface area contributed by atoms with Gasteiger partial charge in [-0.1, -0.05) is 0 Å². The Morgan fingerprint density at radius 2 is 2.00 bits per heavy atom. The highest BCUT2D eigenvalue weighted by molar-refractivity contribution is 9.11. The average Bonchev–Trinajstić information content (AvgIpc) is 2.73. The molecule has 1 aromatic carbocycles. The Labute approximate surface area is 140 Å². The van der Waals surface area contributed by atoms with Crippen LogP contribution in [0.25, 0.3) is 0 Å². The molecular formula is C12H16Br2N2O2S2. The first-order valence-electron chi connectivity index (χ1n) is 6.12. The molecule has 1 atom stereocenters. The van der Waals surface area contributed by atoms with Gasteiger partial charge in [0.15, 0.2) is 0 Å². The minimum Gasteiger partial charge on any atom is -0.399 e. The van der Waals surface area contributed by atoms with Crippen LogP contribution in [0.2, 0.25) is 0 Å². The number of hydrogen-bond acceptors (Lipinski definition) is 4. The van der Waals surface area contributed by atoms with Gasteiger partial charge in [-0.05, 0) is 69.5 Å². The number of hydrogen-bond donors (Lipinski definition) is 2. The lowest BCUT2D eigenvalue weighted by Gasteiger charge is -2.23. The fourth-order valence-electron chi connectivity index (χ4n) is 2.13. The largest absolute Gasteiger partial charge is 0.399 e. The first-order valence-corrected chi connectivity index (χ1v) is 10.2. The third-order valence-electron chi connectivity index (χ3n) is 3.23. The van der Waals surface area contributed by atoms with Crippen LogP contribution in [-0.4, -0.2) is 25.5 Å². The van der Waals surface area contributed by atoms with E-state index in [1.165, 1.54) is 0 Å². The third-order valence-corrected chi connectivity index (χ3v) is 8.04. The van der Waals surface area contributed by atoms with Gasteiger partial charge in [0.25, 0.3) is 0 Å². The zero-order chi connectivity index (χ0) is 15.0. The van der Waals surface area contributed by atoms with Gasteiger partial charge in [0.2, 0.25) is 10.0 Å². The van der Waals surface area contributed by atoms with Gasteiger partial charge in [0, 0.05) is 25.9 Å². The monoisotopic (exact) mass is 442 g/mol. The van der Waals surface area contributed by atoms with E-state index in [9.17, 15) is 8.42 Å².